The predicted molar refractivity (Wildman–Crippen MR) is 120 cm³/mol. The Morgan fingerprint density at radius 1 is 1.10 bits per heavy atom. The summed E-state index contributed by atoms with van der Waals surface area (Å²) >= 11 is 0. The molecule has 1 atom stereocenters. The average molecular weight is 402 g/mol. The molecule has 2 aliphatic heterocycles. The van der Waals surface area contributed by atoms with Crippen LogP contribution in [0.5, 0.6) is 0 Å². The lowest BCUT2D eigenvalue weighted by Crippen LogP contribution is -2.46. The minimum absolute atomic E-state index is 0.328. The first-order valence-corrected chi connectivity index (χ1v) is 11.3. The lowest BCUT2D eigenvalue weighted by Gasteiger charge is -2.35. The van der Waals surface area contributed by atoms with Gasteiger partial charge in [0.25, 0.3) is 0 Å². The summed E-state index contributed by atoms with van der Waals surface area (Å²) in [4.78, 5) is 9.54. The van der Waals surface area contributed by atoms with Crippen molar-refractivity contribution in [2.24, 2.45) is 10.9 Å². The number of rotatable bonds is 8. The van der Waals surface area contributed by atoms with Crippen LogP contribution in [0, 0.1) is 5.92 Å². The highest BCUT2D eigenvalue weighted by Crippen LogP contribution is 2.21. The topological polar surface area (TPSA) is 52.1 Å². The van der Waals surface area contributed by atoms with E-state index in [-0.39, 0.29) is 0 Å². The van der Waals surface area contributed by atoms with Crippen LogP contribution in [0.1, 0.15) is 37.8 Å². The molecule has 2 fully saturated rings. The van der Waals surface area contributed by atoms with Gasteiger partial charge in [0.15, 0.2) is 5.96 Å². The van der Waals surface area contributed by atoms with Crippen molar-refractivity contribution >= 4 is 5.96 Å². The average Bonchev–Trinajstić information content (AvgIpc) is 2.78. The Morgan fingerprint density at radius 2 is 1.83 bits per heavy atom. The van der Waals surface area contributed by atoms with Crippen molar-refractivity contribution in [3.05, 3.63) is 35.9 Å². The van der Waals surface area contributed by atoms with E-state index >= 15 is 0 Å². The Kier molecular flexibility index (Phi) is 9.25. The molecule has 1 unspecified atom stereocenters. The van der Waals surface area contributed by atoms with Crippen molar-refractivity contribution in [2.75, 3.05) is 66.1 Å². The minimum Gasteiger partial charge on any atom is -0.379 e. The highest BCUT2D eigenvalue weighted by Gasteiger charge is 2.22. The first kappa shape index (κ1) is 22.1. The van der Waals surface area contributed by atoms with E-state index in [0.29, 0.717) is 6.04 Å². The van der Waals surface area contributed by atoms with E-state index in [1.807, 2.05) is 7.05 Å². The number of aliphatic imine (C=N–C) groups is 1. The second-order valence-corrected chi connectivity index (χ2v) is 8.33. The Bertz CT molecular complexity index is 595. The second kappa shape index (κ2) is 12.2. The Balaban J connectivity index is 1.43. The Labute approximate surface area is 176 Å². The van der Waals surface area contributed by atoms with Crippen LogP contribution in [0.15, 0.2) is 35.3 Å². The van der Waals surface area contributed by atoms with Crippen LogP contribution in [0.3, 0.4) is 0 Å². The van der Waals surface area contributed by atoms with Gasteiger partial charge in [-0.25, -0.2) is 0 Å². The first-order chi connectivity index (χ1) is 14.3. The van der Waals surface area contributed by atoms with Crippen molar-refractivity contribution < 1.29 is 4.74 Å². The van der Waals surface area contributed by atoms with Crippen LogP contribution in [0.2, 0.25) is 0 Å². The van der Waals surface area contributed by atoms with Gasteiger partial charge in [0.2, 0.25) is 0 Å². The summed E-state index contributed by atoms with van der Waals surface area (Å²) in [6, 6.07) is 11.1. The summed E-state index contributed by atoms with van der Waals surface area (Å²) in [6.07, 6.45) is 3.85. The molecule has 162 valence electrons. The van der Waals surface area contributed by atoms with Crippen molar-refractivity contribution in [3.8, 4) is 0 Å². The summed E-state index contributed by atoms with van der Waals surface area (Å²) in [6.45, 7) is 11.4. The summed E-state index contributed by atoms with van der Waals surface area (Å²) in [7, 11) is 1.85. The Morgan fingerprint density at radius 3 is 2.52 bits per heavy atom. The molecule has 0 saturated carbocycles. The third-order valence-corrected chi connectivity index (χ3v) is 6.18. The van der Waals surface area contributed by atoms with Crippen molar-refractivity contribution in [1.29, 1.82) is 0 Å². The maximum absolute atomic E-state index is 5.55. The fourth-order valence-corrected chi connectivity index (χ4v) is 4.23. The van der Waals surface area contributed by atoms with E-state index in [2.05, 4.69) is 62.7 Å². The van der Waals surface area contributed by atoms with E-state index in [0.717, 1.165) is 57.7 Å². The van der Waals surface area contributed by atoms with Crippen LogP contribution in [-0.4, -0.2) is 81.8 Å². The number of nitrogens with zero attached hydrogens (tertiary/aromatic N) is 3. The lowest BCUT2D eigenvalue weighted by atomic mass is 9.99. The molecule has 0 spiro atoms. The normalized spacial score (nSPS) is 21.1. The number of guanidine groups is 1. The number of morpholine rings is 1. The van der Waals surface area contributed by atoms with Crippen LogP contribution >= 0.6 is 0 Å². The van der Waals surface area contributed by atoms with E-state index in [9.17, 15) is 0 Å². The second-order valence-electron chi connectivity index (χ2n) is 8.33. The molecule has 3 rings (SSSR count). The van der Waals surface area contributed by atoms with Gasteiger partial charge in [-0.1, -0.05) is 37.3 Å². The van der Waals surface area contributed by atoms with Crippen LogP contribution < -0.4 is 10.6 Å². The number of hydrogen-bond acceptors (Lipinski definition) is 4. The highest BCUT2D eigenvalue weighted by atomic mass is 16.5. The molecular weight excluding hydrogens is 362 g/mol. The van der Waals surface area contributed by atoms with Gasteiger partial charge >= 0.3 is 0 Å². The summed E-state index contributed by atoms with van der Waals surface area (Å²) in [5, 5.41) is 7.05. The van der Waals surface area contributed by atoms with Crippen LogP contribution in [0.25, 0.3) is 0 Å². The number of piperidine rings is 1. The molecule has 0 radical (unpaired) electrons. The summed E-state index contributed by atoms with van der Waals surface area (Å²) in [5.74, 6) is 1.79. The smallest absolute Gasteiger partial charge is 0.191 e. The molecule has 2 heterocycles. The minimum atomic E-state index is 0.328. The molecule has 0 amide bonds. The van der Waals surface area contributed by atoms with Crippen LogP contribution in [-0.2, 0) is 4.74 Å². The van der Waals surface area contributed by atoms with E-state index in [1.165, 1.54) is 38.0 Å². The van der Waals surface area contributed by atoms with Crippen molar-refractivity contribution in [1.82, 2.24) is 20.4 Å². The molecular formula is C23H39N5O. The fourth-order valence-electron chi connectivity index (χ4n) is 4.23. The van der Waals surface area contributed by atoms with E-state index < -0.39 is 0 Å². The van der Waals surface area contributed by atoms with Gasteiger partial charge in [-0.15, -0.1) is 0 Å². The SMILES string of the molecule is CN=C(NCCCN1CCC(C)CC1)NCC(c1ccccc1)N1CCOCC1. The first-order valence-electron chi connectivity index (χ1n) is 11.3. The third-order valence-electron chi connectivity index (χ3n) is 6.18. The van der Waals surface area contributed by atoms with Crippen molar-refractivity contribution in [3.63, 3.8) is 0 Å². The van der Waals surface area contributed by atoms with Gasteiger partial charge in [-0.3, -0.25) is 9.89 Å². The molecule has 0 aliphatic carbocycles. The number of benzene rings is 1. The summed E-state index contributed by atoms with van der Waals surface area (Å²) in [5.41, 5.74) is 1.34. The van der Waals surface area contributed by atoms with Gasteiger partial charge in [0, 0.05) is 33.2 Å². The predicted octanol–water partition coefficient (Wildman–Crippen LogP) is 2.35. The monoisotopic (exact) mass is 401 g/mol. The lowest BCUT2D eigenvalue weighted by molar-refractivity contribution is 0.0170. The molecule has 6 nitrogen and oxygen atoms in total. The fraction of sp³-hybridized carbons (Fsp3) is 0.696. The largest absolute Gasteiger partial charge is 0.379 e. The number of likely N-dealkylation sites (tertiary alicyclic amines) is 1. The van der Waals surface area contributed by atoms with Gasteiger partial charge < -0.3 is 20.3 Å². The number of hydrogen-bond donors (Lipinski definition) is 2. The molecule has 2 N–H and O–H groups in total. The van der Waals surface area contributed by atoms with Gasteiger partial charge in [0.05, 0.1) is 19.3 Å². The zero-order valence-electron chi connectivity index (χ0n) is 18.3. The molecule has 0 aromatic heterocycles. The van der Waals surface area contributed by atoms with E-state index in [4.69, 9.17) is 4.74 Å². The van der Waals surface area contributed by atoms with Gasteiger partial charge in [-0.2, -0.15) is 0 Å². The van der Waals surface area contributed by atoms with Gasteiger partial charge in [0.1, 0.15) is 0 Å². The van der Waals surface area contributed by atoms with E-state index in [1.54, 1.807) is 0 Å². The zero-order chi connectivity index (χ0) is 20.3. The van der Waals surface area contributed by atoms with Crippen LogP contribution in [0.4, 0.5) is 0 Å². The highest BCUT2D eigenvalue weighted by molar-refractivity contribution is 5.79. The Hall–Kier alpha value is -1.63. The molecule has 6 heteroatoms. The molecule has 0 bridgehead atoms. The molecule has 29 heavy (non-hydrogen) atoms. The molecule has 2 saturated heterocycles. The molecule has 1 aromatic rings. The van der Waals surface area contributed by atoms with Gasteiger partial charge in [-0.05, 0) is 50.4 Å². The zero-order valence-corrected chi connectivity index (χ0v) is 18.3. The molecule has 1 aromatic carbocycles. The number of nitrogens with one attached hydrogen (secondary N) is 2. The standard InChI is InChI=1S/C23H39N5O/c1-20-9-13-27(14-10-20)12-6-11-25-23(24-2)26-19-22(21-7-4-3-5-8-21)28-15-17-29-18-16-28/h3-5,7-8,20,22H,6,9-19H2,1-2H3,(H2,24,25,26). The maximum atomic E-state index is 5.55. The summed E-state index contributed by atoms with van der Waals surface area (Å²) < 4.78 is 5.55. The quantitative estimate of drug-likeness (QED) is 0.398. The third kappa shape index (κ3) is 7.28. The number of ether oxygens (including phenoxy) is 1. The maximum Gasteiger partial charge on any atom is 0.191 e. The van der Waals surface area contributed by atoms with Crippen molar-refractivity contribution in [2.45, 2.75) is 32.2 Å². The molecule has 2 aliphatic rings.